The Morgan fingerprint density at radius 2 is 1.96 bits per heavy atom. The smallest absolute Gasteiger partial charge is 0.120 e. The van der Waals surface area contributed by atoms with Gasteiger partial charge in [0.2, 0.25) is 0 Å². The van der Waals surface area contributed by atoms with E-state index in [1.165, 1.54) is 5.56 Å². The standard InChI is InChI=1S/C20H23NO2/c1-3-20(2)18(11-12-22)17-13-16(23)9-10-19(17)21(20)14-15-7-5-4-6-8-15/h4-10,12-13,18,23H,3,11,14H2,1-2H3. The first-order chi connectivity index (χ1) is 11.1. The molecule has 3 nitrogen and oxygen atoms in total. The molecule has 0 aliphatic carbocycles. The number of hydrogen-bond donors (Lipinski definition) is 1. The van der Waals surface area contributed by atoms with Crippen molar-refractivity contribution in [3.8, 4) is 5.75 Å². The summed E-state index contributed by atoms with van der Waals surface area (Å²) < 4.78 is 0. The fraction of sp³-hybridized carbons (Fsp3) is 0.350. The van der Waals surface area contributed by atoms with E-state index in [0.717, 1.165) is 30.5 Å². The van der Waals surface area contributed by atoms with E-state index in [-0.39, 0.29) is 17.2 Å². The molecule has 0 saturated carbocycles. The molecule has 120 valence electrons. The molecular weight excluding hydrogens is 286 g/mol. The summed E-state index contributed by atoms with van der Waals surface area (Å²) in [7, 11) is 0. The van der Waals surface area contributed by atoms with E-state index in [9.17, 15) is 9.90 Å². The number of aromatic hydroxyl groups is 1. The quantitative estimate of drug-likeness (QED) is 0.839. The Morgan fingerprint density at radius 3 is 2.61 bits per heavy atom. The predicted octanol–water partition coefficient (Wildman–Crippen LogP) is 4.25. The molecule has 0 bridgehead atoms. The first kappa shape index (κ1) is 15.6. The van der Waals surface area contributed by atoms with Gasteiger partial charge in [0.05, 0.1) is 0 Å². The van der Waals surface area contributed by atoms with Crippen molar-refractivity contribution in [2.45, 2.75) is 44.7 Å². The van der Waals surface area contributed by atoms with Gasteiger partial charge in [-0.3, -0.25) is 0 Å². The van der Waals surface area contributed by atoms with Gasteiger partial charge in [-0.1, -0.05) is 37.3 Å². The Kier molecular flexibility index (Phi) is 4.12. The maximum absolute atomic E-state index is 11.2. The number of anilines is 1. The van der Waals surface area contributed by atoms with Crippen LogP contribution in [0.5, 0.6) is 5.75 Å². The second kappa shape index (κ2) is 6.07. The minimum atomic E-state index is -0.132. The highest BCUT2D eigenvalue weighted by molar-refractivity contribution is 5.68. The minimum Gasteiger partial charge on any atom is -0.508 e. The number of aldehydes is 1. The van der Waals surface area contributed by atoms with Crippen LogP contribution < -0.4 is 4.90 Å². The third kappa shape index (κ3) is 2.61. The van der Waals surface area contributed by atoms with E-state index in [4.69, 9.17) is 0 Å². The molecule has 2 aromatic carbocycles. The van der Waals surface area contributed by atoms with Gasteiger partial charge >= 0.3 is 0 Å². The molecule has 1 aliphatic heterocycles. The summed E-state index contributed by atoms with van der Waals surface area (Å²) in [5.74, 6) is 0.371. The fourth-order valence-electron chi connectivity index (χ4n) is 3.81. The van der Waals surface area contributed by atoms with Crippen LogP contribution in [-0.2, 0) is 11.3 Å². The number of carbonyl (C=O) groups excluding carboxylic acids is 1. The Labute approximate surface area is 137 Å². The van der Waals surface area contributed by atoms with Gasteiger partial charge in [0.1, 0.15) is 12.0 Å². The molecule has 1 heterocycles. The Morgan fingerprint density at radius 1 is 1.22 bits per heavy atom. The van der Waals surface area contributed by atoms with Crippen molar-refractivity contribution in [1.82, 2.24) is 0 Å². The average molecular weight is 309 g/mol. The molecule has 0 amide bonds. The number of phenolic OH excluding ortho intramolecular Hbond substituents is 1. The summed E-state index contributed by atoms with van der Waals surface area (Å²) >= 11 is 0. The van der Waals surface area contributed by atoms with Crippen LogP contribution in [0.2, 0.25) is 0 Å². The van der Waals surface area contributed by atoms with Crippen molar-refractivity contribution in [3.05, 3.63) is 59.7 Å². The second-order valence-electron chi connectivity index (χ2n) is 6.48. The Hall–Kier alpha value is -2.29. The van der Waals surface area contributed by atoms with E-state index in [0.29, 0.717) is 6.42 Å². The van der Waals surface area contributed by atoms with Gasteiger partial charge in [-0.05, 0) is 42.7 Å². The Bertz CT molecular complexity index is 698. The van der Waals surface area contributed by atoms with Gasteiger partial charge in [0, 0.05) is 30.1 Å². The number of fused-ring (bicyclic) bond motifs is 1. The van der Waals surface area contributed by atoms with E-state index < -0.39 is 0 Å². The monoisotopic (exact) mass is 309 g/mol. The number of benzene rings is 2. The van der Waals surface area contributed by atoms with Gasteiger partial charge in [-0.2, -0.15) is 0 Å². The first-order valence-corrected chi connectivity index (χ1v) is 8.18. The molecule has 2 unspecified atom stereocenters. The summed E-state index contributed by atoms with van der Waals surface area (Å²) in [5.41, 5.74) is 3.32. The number of carbonyl (C=O) groups is 1. The van der Waals surface area contributed by atoms with Crippen LogP contribution in [-0.4, -0.2) is 16.9 Å². The predicted molar refractivity (Wildman–Crippen MR) is 92.8 cm³/mol. The zero-order valence-electron chi connectivity index (χ0n) is 13.7. The van der Waals surface area contributed by atoms with Gasteiger partial charge in [0.15, 0.2) is 0 Å². The highest BCUT2D eigenvalue weighted by Crippen LogP contribution is 2.52. The lowest BCUT2D eigenvalue weighted by Gasteiger charge is -2.40. The molecule has 0 radical (unpaired) electrons. The molecule has 2 aromatic rings. The normalized spacial score (nSPS) is 22.9. The van der Waals surface area contributed by atoms with Crippen LogP contribution >= 0.6 is 0 Å². The first-order valence-electron chi connectivity index (χ1n) is 8.18. The van der Waals surface area contributed by atoms with Gasteiger partial charge in [-0.25, -0.2) is 0 Å². The summed E-state index contributed by atoms with van der Waals surface area (Å²) in [6.07, 6.45) is 2.41. The van der Waals surface area contributed by atoms with Crippen molar-refractivity contribution < 1.29 is 9.90 Å². The van der Waals surface area contributed by atoms with E-state index in [2.05, 4.69) is 43.0 Å². The lowest BCUT2D eigenvalue weighted by Crippen LogP contribution is -2.45. The molecular formula is C20H23NO2. The maximum Gasteiger partial charge on any atom is 0.120 e. The van der Waals surface area contributed by atoms with Crippen LogP contribution in [0.1, 0.15) is 43.7 Å². The SMILES string of the molecule is CCC1(C)C(CC=O)c2cc(O)ccc2N1Cc1ccccc1. The molecule has 0 aromatic heterocycles. The molecule has 0 fully saturated rings. The van der Waals surface area contributed by atoms with E-state index >= 15 is 0 Å². The van der Waals surface area contributed by atoms with Gasteiger partial charge in [-0.15, -0.1) is 0 Å². The molecule has 23 heavy (non-hydrogen) atoms. The van der Waals surface area contributed by atoms with E-state index in [1.807, 2.05) is 18.2 Å². The highest BCUT2D eigenvalue weighted by Gasteiger charge is 2.46. The van der Waals surface area contributed by atoms with Gasteiger partial charge in [0.25, 0.3) is 0 Å². The summed E-state index contributed by atoms with van der Waals surface area (Å²) in [6.45, 7) is 5.20. The number of hydrogen-bond acceptors (Lipinski definition) is 3. The minimum absolute atomic E-state index is 0.107. The molecule has 3 rings (SSSR count). The van der Waals surface area contributed by atoms with Crippen molar-refractivity contribution in [3.63, 3.8) is 0 Å². The zero-order valence-corrected chi connectivity index (χ0v) is 13.7. The molecule has 3 heteroatoms. The largest absolute Gasteiger partial charge is 0.508 e. The summed E-state index contributed by atoms with van der Waals surface area (Å²) in [4.78, 5) is 13.6. The molecule has 2 atom stereocenters. The van der Waals surface area contributed by atoms with Crippen molar-refractivity contribution in [2.75, 3.05) is 4.90 Å². The fourth-order valence-corrected chi connectivity index (χ4v) is 3.81. The van der Waals surface area contributed by atoms with Crippen LogP contribution in [0.3, 0.4) is 0 Å². The zero-order chi connectivity index (χ0) is 16.4. The molecule has 0 spiro atoms. The van der Waals surface area contributed by atoms with E-state index in [1.54, 1.807) is 6.07 Å². The number of phenols is 1. The molecule has 0 saturated heterocycles. The third-order valence-corrected chi connectivity index (χ3v) is 5.28. The molecule has 1 aliphatic rings. The Balaban J connectivity index is 2.08. The van der Waals surface area contributed by atoms with Crippen molar-refractivity contribution in [2.24, 2.45) is 0 Å². The summed E-state index contributed by atoms with van der Waals surface area (Å²) in [5, 5.41) is 9.89. The average Bonchev–Trinajstić information content (AvgIpc) is 2.79. The lowest BCUT2D eigenvalue weighted by molar-refractivity contribution is -0.108. The maximum atomic E-state index is 11.2. The third-order valence-electron chi connectivity index (χ3n) is 5.28. The number of nitrogens with zero attached hydrogens (tertiary/aromatic N) is 1. The topological polar surface area (TPSA) is 40.5 Å². The van der Waals surface area contributed by atoms with Crippen LogP contribution in [0, 0.1) is 0 Å². The van der Waals surface area contributed by atoms with Crippen molar-refractivity contribution >= 4 is 12.0 Å². The highest BCUT2D eigenvalue weighted by atomic mass is 16.3. The van der Waals surface area contributed by atoms with Crippen LogP contribution in [0.15, 0.2) is 48.5 Å². The van der Waals surface area contributed by atoms with Crippen molar-refractivity contribution in [1.29, 1.82) is 0 Å². The van der Waals surface area contributed by atoms with Crippen LogP contribution in [0.25, 0.3) is 0 Å². The van der Waals surface area contributed by atoms with Gasteiger partial charge < -0.3 is 14.8 Å². The van der Waals surface area contributed by atoms with Crippen LogP contribution in [0.4, 0.5) is 5.69 Å². The number of rotatable bonds is 5. The second-order valence-corrected chi connectivity index (χ2v) is 6.48. The summed E-state index contributed by atoms with van der Waals surface area (Å²) in [6, 6.07) is 15.9. The lowest BCUT2D eigenvalue weighted by atomic mass is 9.79. The molecule has 1 N–H and O–H groups in total.